The standard InChI is InChI=1S/C13H18O6S/c1-3-20(16,17)8-4-7-19-12-6-5-10(18-2)9-11(12)13(14)15/h5-6,9H,3-4,7-8H2,1-2H3,(H,14,15). The van der Waals surface area contributed by atoms with Crippen LogP contribution in [0.3, 0.4) is 0 Å². The van der Waals surface area contributed by atoms with Gasteiger partial charge in [-0.1, -0.05) is 6.92 Å². The number of hydrogen-bond donors (Lipinski definition) is 1. The Morgan fingerprint density at radius 3 is 2.60 bits per heavy atom. The highest BCUT2D eigenvalue weighted by Crippen LogP contribution is 2.24. The van der Waals surface area contributed by atoms with Crippen LogP contribution in [-0.2, 0) is 9.84 Å². The first kappa shape index (κ1) is 16.3. The molecule has 0 heterocycles. The van der Waals surface area contributed by atoms with Gasteiger partial charge >= 0.3 is 5.97 Å². The number of rotatable bonds is 8. The summed E-state index contributed by atoms with van der Waals surface area (Å²) in [7, 11) is -1.59. The van der Waals surface area contributed by atoms with Crippen molar-refractivity contribution in [1.29, 1.82) is 0 Å². The average molecular weight is 302 g/mol. The Bertz CT molecular complexity index is 564. The minimum atomic E-state index is -3.03. The second-order valence-electron chi connectivity index (χ2n) is 4.11. The predicted octanol–water partition coefficient (Wildman–Crippen LogP) is 1.60. The molecular formula is C13H18O6S. The van der Waals surface area contributed by atoms with Crippen LogP contribution in [0.2, 0.25) is 0 Å². The second-order valence-corrected chi connectivity index (χ2v) is 6.58. The maximum Gasteiger partial charge on any atom is 0.339 e. The van der Waals surface area contributed by atoms with Gasteiger partial charge in [0.1, 0.15) is 26.9 Å². The fourth-order valence-electron chi connectivity index (χ4n) is 1.53. The molecule has 0 radical (unpaired) electrons. The Morgan fingerprint density at radius 2 is 2.05 bits per heavy atom. The van der Waals surface area contributed by atoms with Gasteiger partial charge in [-0.15, -0.1) is 0 Å². The summed E-state index contributed by atoms with van der Waals surface area (Å²) in [6, 6.07) is 4.45. The van der Waals surface area contributed by atoms with E-state index in [1.54, 1.807) is 13.0 Å². The average Bonchev–Trinajstić information content (AvgIpc) is 2.43. The van der Waals surface area contributed by atoms with Crippen molar-refractivity contribution in [2.75, 3.05) is 25.2 Å². The lowest BCUT2D eigenvalue weighted by Crippen LogP contribution is -2.12. The number of aromatic carboxylic acids is 1. The Hall–Kier alpha value is -1.76. The van der Waals surface area contributed by atoms with Crippen molar-refractivity contribution in [3.63, 3.8) is 0 Å². The first-order valence-corrected chi connectivity index (χ1v) is 7.96. The van der Waals surface area contributed by atoms with Gasteiger partial charge in [0.05, 0.1) is 19.5 Å². The SMILES string of the molecule is CCS(=O)(=O)CCCOc1ccc(OC)cc1C(=O)O. The van der Waals surface area contributed by atoms with Gasteiger partial charge in [-0.2, -0.15) is 0 Å². The first-order valence-electron chi connectivity index (χ1n) is 6.14. The molecule has 0 saturated heterocycles. The molecule has 0 fully saturated rings. The molecule has 1 N–H and O–H groups in total. The van der Waals surface area contributed by atoms with Crippen LogP contribution in [0.25, 0.3) is 0 Å². The summed E-state index contributed by atoms with van der Waals surface area (Å²) in [5.74, 6) is -0.381. The van der Waals surface area contributed by atoms with Crippen molar-refractivity contribution in [1.82, 2.24) is 0 Å². The van der Waals surface area contributed by atoms with Crippen LogP contribution in [0.1, 0.15) is 23.7 Å². The zero-order chi connectivity index (χ0) is 15.2. The number of methoxy groups -OCH3 is 1. The zero-order valence-electron chi connectivity index (χ0n) is 11.5. The predicted molar refractivity (Wildman–Crippen MR) is 74.4 cm³/mol. The molecule has 1 aromatic rings. The highest BCUT2D eigenvalue weighted by atomic mass is 32.2. The molecule has 0 amide bonds. The molecular weight excluding hydrogens is 284 g/mol. The van der Waals surface area contributed by atoms with Crippen LogP contribution in [0.4, 0.5) is 0 Å². The lowest BCUT2D eigenvalue weighted by Gasteiger charge is -2.10. The van der Waals surface area contributed by atoms with Crippen molar-refractivity contribution in [2.45, 2.75) is 13.3 Å². The first-order chi connectivity index (χ1) is 9.39. The molecule has 7 heteroatoms. The maximum atomic E-state index is 11.3. The van der Waals surface area contributed by atoms with E-state index in [0.29, 0.717) is 12.2 Å². The molecule has 6 nitrogen and oxygen atoms in total. The highest BCUT2D eigenvalue weighted by Gasteiger charge is 2.13. The number of benzene rings is 1. The van der Waals surface area contributed by atoms with Crippen molar-refractivity contribution in [3.05, 3.63) is 23.8 Å². The van der Waals surface area contributed by atoms with Crippen LogP contribution >= 0.6 is 0 Å². The Morgan fingerprint density at radius 1 is 1.35 bits per heavy atom. The van der Waals surface area contributed by atoms with E-state index in [9.17, 15) is 13.2 Å². The van der Waals surface area contributed by atoms with Crippen LogP contribution in [-0.4, -0.2) is 44.7 Å². The summed E-state index contributed by atoms with van der Waals surface area (Å²) in [6.07, 6.45) is 0.321. The second kappa shape index (κ2) is 7.14. The molecule has 1 aromatic carbocycles. The lowest BCUT2D eigenvalue weighted by molar-refractivity contribution is 0.0691. The molecule has 0 aromatic heterocycles. The van der Waals surface area contributed by atoms with E-state index >= 15 is 0 Å². The normalized spacial score (nSPS) is 11.1. The largest absolute Gasteiger partial charge is 0.497 e. The molecule has 0 spiro atoms. The van der Waals surface area contributed by atoms with Gasteiger partial charge in [0, 0.05) is 5.75 Å². The topological polar surface area (TPSA) is 89.9 Å². The van der Waals surface area contributed by atoms with Crippen molar-refractivity contribution >= 4 is 15.8 Å². The van der Waals surface area contributed by atoms with Crippen LogP contribution in [0.15, 0.2) is 18.2 Å². The van der Waals surface area contributed by atoms with Gasteiger partial charge in [0.15, 0.2) is 0 Å². The molecule has 0 aliphatic rings. The number of hydrogen-bond acceptors (Lipinski definition) is 5. The Labute approximate surface area is 118 Å². The van der Waals surface area contributed by atoms with Gasteiger partial charge in [-0.05, 0) is 24.6 Å². The van der Waals surface area contributed by atoms with Crippen LogP contribution in [0.5, 0.6) is 11.5 Å². The molecule has 0 atom stereocenters. The number of sulfone groups is 1. The lowest BCUT2D eigenvalue weighted by atomic mass is 10.2. The summed E-state index contributed by atoms with van der Waals surface area (Å²) >= 11 is 0. The molecule has 0 bridgehead atoms. The summed E-state index contributed by atoms with van der Waals surface area (Å²) in [5.41, 5.74) is -0.0114. The number of carboxylic acids is 1. The summed E-state index contributed by atoms with van der Waals surface area (Å²) in [4.78, 5) is 11.1. The van der Waals surface area contributed by atoms with Gasteiger partial charge in [-0.3, -0.25) is 0 Å². The van der Waals surface area contributed by atoms with Crippen LogP contribution < -0.4 is 9.47 Å². The van der Waals surface area contributed by atoms with Gasteiger partial charge in [0.25, 0.3) is 0 Å². The minimum Gasteiger partial charge on any atom is -0.497 e. The molecule has 112 valence electrons. The number of ether oxygens (including phenoxy) is 2. The Kier molecular flexibility index (Phi) is 5.82. The smallest absolute Gasteiger partial charge is 0.339 e. The molecule has 1 rings (SSSR count). The summed E-state index contributed by atoms with van der Waals surface area (Å²) in [5, 5.41) is 9.08. The van der Waals surface area contributed by atoms with Crippen molar-refractivity contribution in [2.24, 2.45) is 0 Å². The van der Waals surface area contributed by atoms with E-state index in [4.69, 9.17) is 14.6 Å². The minimum absolute atomic E-state index is 0.0114. The fourth-order valence-corrected chi connectivity index (χ4v) is 2.38. The maximum absolute atomic E-state index is 11.3. The molecule has 0 saturated carbocycles. The quantitative estimate of drug-likeness (QED) is 0.734. The number of carbonyl (C=O) groups is 1. The third-order valence-corrected chi connectivity index (χ3v) is 4.50. The number of carboxylic acid groups (broad SMARTS) is 1. The molecule has 0 aliphatic heterocycles. The summed E-state index contributed by atoms with van der Waals surface area (Å²) < 4.78 is 32.9. The van der Waals surface area contributed by atoms with Gasteiger partial charge < -0.3 is 14.6 Å². The zero-order valence-corrected chi connectivity index (χ0v) is 12.3. The Balaban J connectivity index is 2.66. The third kappa shape index (κ3) is 4.73. The van der Waals surface area contributed by atoms with E-state index < -0.39 is 15.8 Å². The fraction of sp³-hybridized carbons (Fsp3) is 0.462. The molecule has 0 unspecified atom stereocenters. The van der Waals surface area contributed by atoms with Gasteiger partial charge in [0.2, 0.25) is 0 Å². The van der Waals surface area contributed by atoms with Crippen molar-refractivity contribution in [3.8, 4) is 11.5 Å². The van der Waals surface area contributed by atoms with E-state index in [2.05, 4.69) is 0 Å². The van der Waals surface area contributed by atoms with Crippen LogP contribution in [0, 0.1) is 0 Å². The highest BCUT2D eigenvalue weighted by molar-refractivity contribution is 7.91. The van der Waals surface area contributed by atoms with E-state index in [0.717, 1.165) is 0 Å². The van der Waals surface area contributed by atoms with E-state index in [1.165, 1.54) is 19.2 Å². The summed E-state index contributed by atoms with van der Waals surface area (Å²) in [6.45, 7) is 1.73. The van der Waals surface area contributed by atoms with Crippen molar-refractivity contribution < 1.29 is 27.8 Å². The monoisotopic (exact) mass is 302 g/mol. The van der Waals surface area contributed by atoms with Gasteiger partial charge in [-0.25, -0.2) is 13.2 Å². The molecule has 0 aliphatic carbocycles. The van der Waals surface area contributed by atoms with E-state index in [-0.39, 0.29) is 29.4 Å². The molecule has 20 heavy (non-hydrogen) atoms. The van der Waals surface area contributed by atoms with E-state index in [1.807, 2.05) is 0 Å². The third-order valence-electron chi connectivity index (χ3n) is 2.71.